The van der Waals surface area contributed by atoms with Crippen LogP contribution in [-0.2, 0) is 0 Å². The topological polar surface area (TPSA) is 61.3 Å². The van der Waals surface area contributed by atoms with Crippen LogP contribution < -0.4 is 10.2 Å². The van der Waals surface area contributed by atoms with Crippen LogP contribution in [0.3, 0.4) is 0 Å². The van der Waals surface area contributed by atoms with Gasteiger partial charge in [0.2, 0.25) is 5.95 Å². The minimum atomic E-state index is 0.164. The molecule has 1 aliphatic carbocycles. The van der Waals surface area contributed by atoms with Crippen molar-refractivity contribution < 1.29 is 5.11 Å². The second-order valence-electron chi connectivity index (χ2n) is 5.47. The van der Waals surface area contributed by atoms with Gasteiger partial charge in [-0.15, -0.1) is 0 Å². The predicted molar refractivity (Wildman–Crippen MR) is 82.2 cm³/mol. The molecule has 0 atom stereocenters. The molecule has 0 aliphatic heterocycles. The van der Waals surface area contributed by atoms with E-state index in [1.165, 1.54) is 25.7 Å². The van der Waals surface area contributed by atoms with Crippen LogP contribution in [0.15, 0.2) is 6.07 Å². The summed E-state index contributed by atoms with van der Waals surface area (Å²) in [6.45, 7) is 5.81. The molecule has 20 heavy (non-hydrogen) atoms. The van der Waals surface area contributed by atoms with Gasteiger partial charge in [-0.05, 0) is 26.2 Å². The zero-order valence-corrected chi connectivity index (χ0v) is 12.6. The molecule has 5 nitrogen and oxygen atoms in total. The molecule has 1 aliphatic rings. The molecule has 0 aromatic carbocycles. The Hall–Kier alpha value is -1.36. The normalized spacial score (nSPS) is 15.6. The van der Waals surface area contributed by atoms with Crippen LogP contribution in [0.5, 0.6) is 0 Å². The van der Waals surface area contributed by atoms with Crippen molar-refractivity contribution in [1.29, 1.82) is 0 Å². The lowest BCUT2D eigenvalue weighted by atomic mass is 10.2. The van der Waals surface area contributed by atoms with Gasteiger partial charge in [-0.1, -0.05) is 19.8 Å². The van der Waals surface area contributed by atoms with Gasteiger partial charge in [0, 0.05) is 30.9 Å². The summed E-state index contributed by atoms with van der Waals surface area (Å²) in [5.41, 5.74) is 0.967. The molecule has 2 rings (SSSR count). The van der Waals surface area contributed by atoms with Gasteiger partial charge in [0.1, 0.15) is 5.82 Å². The molecular weight excluding hydrogens is 252 g/mol. The maximum absolute atomic E-state index is 9.34. The minimum absolute atomic E-state index is 0.164. The maximum atomic E-state index is 9.34. The van der Waals surface area contributed by atoms with Crippen molar-refractivity contribution in [3.63, 3.8) is 0 Å². The molecule has 2 N–H and O–H groups in total. The summed E-state index contributed by atoms with van der Waals surface area (Å²) in [4.78, 5) is 11.3. The fraction of sp³-hybridized carbons (Fsp3) is 0.733. The summed E-state index contributed by atoms with van der Waals surface area (Å²) >= 11 is 0. The van der Waals surface area contributed by atoms with Gasteiger partial charge in [-0.25, -0.2) is 4.98 Å². The van der Waals surface area contributed by atoms with E-state index in [4.69, 9.17) is 0 Å². The maximum Gasteiger partial charge on any atom is 0.224 e. The predicted octanol–water partition coefficient (Wildman–Crippen LogP) is 2.35. The van der Waals surface area contributed by atoms with Crippen LogP contribution in [-0.4, -0.2) is 40.8 Å². The van der Waals surface area contributed by atoms with Crippen molar-refractivity contribution in [1.82, 2.24) is 9.97 Å². The van der Waals surface area contributed by atoms with Crippen LogP contribution in [0.1, 0.15) is 44.7 Å². The van der Waals surface area contributed by atoms with Crippen LogP contribution in [0.2, 0.25) is 0 Å². The van der Waals surface area contributed by atoms with Crippen LogP contribution in [0.4, 0.5) is 11.8 Å². The molecule has 1 saturated carbocycles. The third kappa shape index (κ3) is 3.82. The second kappa shape index (κ2) is 7.43. The highest BCUT2D eigenvalue weighted by molar-refractivity contribution is 5.46. The summed E-state index contributed by atoms with van der Waals surface area (Å²) in [7, 11) is 0. The highest BCUT2D eigenvalue weighted by Crippen LogP contribution is 2.27. The van der Waals surface area contributed by atoms with Crippen molar-refractivity contribution in [2.45, 2.75) is 52.0 Å². The smallest absolute Gasteiger partial charge is 0.224 e. The third-order valence-electron chi connectivity index (χ3n) is 3.77. The Labute approximate surface area is 121 Å². The molecule has 0 amide bonds. The number of nitrogens with zero attached hydrogens (tertiary/aromatic N) is 3. The summed E-state index contributed by atoms with van der Waals surface area (Å²) in [6, 6.07) is 2.53. The molecule has 0 saturated heterocycles. The Balaban J connectivity index is 2.19. The van der Waals surface area contributed by atoms with Crippen molar-refractivity contribution in [2.75, 3.05) is 29.9 Å². The Kier molecular flexibility index (Phi) is 5.59. The molecule has 0 radical (unpaired) electrons. The average Bonchev–Trinajstić information content (AvgIpc) is 2.95. The number of aliphatic hydroxyl groups is 1. The Morgan fingerprint density at radius 1 is 1.35 bits per heavy atom. The van der Waals surface area contributed by atoms with Gasteiger partial charge in [0.05, 0.1) is 6.61 Å². The average molecular weight is 278 g/mol. The molecule has 1 fully saturated rings. The minimum Gasteiger partial charge on any atom is -0.395 e. The summed E-state index contributed by atoms with van der Waals surface area (Å²) in [5.74, 6) is 1.64. The largest absolute Gasteiger partial charge is 0.395 e. The summed E-state index contributed by atoms with van der Waals surface area (Å²) < 4.78 is 0. The Morgan fingerprint density at radius 3 is 2.75 bits per heavy atom. The van der Waals surface area contributed by atoms with Crippen molar-refractivity contribution in [3.8, 4) is 0 Å². The SMILES string of the molecule is CCCNc1nc(C)cc(N(CCO)C2CCCC2)n1. The van der Waals surface area contributed by atoms with E-state index in [1.54, 1.807) is 0 Å². The van der Waals surface area contributed by atoms with E-state index in [1.807, 2.05) is 13.0 Å². The van der Waals surface area contributed by atoms with E-state index in [-0.39, 0.29) is 6.61 Å². The highest BCUT2D eigenvalue weighted by Gasteiger charge is 2.23. The molecule has 1 aromatic heterocycles. The lowest BCUT2D eigenvalue weighted by Gasteiger charge is -2.29. The molecule has 0 spiro atoms. The molecule has 112 valence electrons. The lowest BCUT2D eigenvalue weighted by molar-refractivity contribution is 0.297. The Bertz CT molecular complexity index is 418. The molecule has 1 aromatic rings. The summed E-state index contributed by atoms with van der Waals surface area (Å²) in [6.07, 6.45) is 5.99. The van der Waals surface area contributed by atoms with Gasteiger partial charge >= 0.3 is 0 Å². The van der Waals surface area contributed by atoms with E-state index >= 15 is 0 Å². The summed E-state index contributed by atoms with van der Waals surface area (Å²) in [5, 5.41) is 12.6. The van der Waals surface area contributed by atoms with E-state index < -0.39 is 0 Å². The van der Waals surface area contributed by atoms with Crippen molar-refractivity contribution >= 4 is 11.8 Å². The number of nitrogens with one attached hydrogen (secondary N) is 1. The highest BCUT2D eigenvalue weighted by atomic mass is 16.3. The van der Waals surface area contributed by atoms with Crippen molar-refractivity contribution in [3.05, 3.63) is 11.8 Å². The number of aliphatic hydroxyl groups excluding tert-OH is 1. The fourth-order valence-corrected chi connectivity index (χ4v) is 2.82. The van der Waals surface area contributed by atoms with E-state index in [2.05, 4.69) is 27.1 Å². The van der Waals surface area contributed by atoms with Gasteiger partial charge in [0.25, 0.3) is 0 Å². The first-order chi connectivity index (χ1) is 9.74. The molecule has 0 bridgehead atoms. The first kappa shape index (κ1) is 15.0. The molecular formula is C15H26N4O. The number of aryl methyl sites for hydroxylation is 1. The third-order valence-corrected chi connectivity index (χ3v) is 3.77. The Morgan fingerprint density at radius 2 is 2.10 bits per heavy atom. The van der Waals surface area contributed by atoms with Crippen LogP contribution >= 0.6 is 0 Å². The van der Waals surface area contributed by atoms with Crippen LogP contribution in [0.25, 0.3) is 0 Å². The quantitative estimate of drug-likeness (QED) is 0.801. The fourth-order valence-electron chi connectivity index (χ4n) is 2.82. The first-order valence-electron chi connectivity index (χ1n) is 7.71. The van der Waals surface area contributed by atoms with E-state index in [0.29, 0.717) is 18.5 Å². The lowest BCUT2D eigenvalue weighted by Crippen LogP contribution is -2.36. The molecule has 0 unspecified atom stereocenters. The number of hydrogen-bond donors (Lipinski definition) is 2. The standard InChI is InChI=1S/C15H26N4O/c1-3-8-16-15-17-12(2)11-14(18-15)19(9-10-20)13-6-4-5-7-13/h11,13,20H,3-10H2,1-2H3,(H,16,17,18). The number of rotatable bonds is 7. The molecule has 1 heterocycles. The zero-order chi connectivity index (χ0) is 14.4. The first-order valence-corrected chi connectivity index (χ1v) is 7.71. The van der Waals surface area contributed by atoms with Gasteiger partial charge in [-0.3, -0.25) is 0 Å². The van der Waals surface area contributed by atoms with E-state index in [9.17, 15) is 5.11 Å². The number of hydrogen-bond acceptors (Lipinski definition) is 5. The number of anilines is 2. The van der Waals surface area contributed by atoms with Crippen LogP contribution in [0, 0.1) is 6.92 Å². The zero-order valence-electron chi connectivity index (χ0n) is 12.6. The second-order valence-corrected chi connectivity index (χ2v) is 5.47. The number of aromatic nitrogens is 2. The van der Waals surface area contributed by atoms with E-state index in [0.717, 1.165) is 24.5 Å². The van der Waals surface area contributed by atoms with Gasteiger partial charge in [0.15, 0.2) is 0 Å². The monoisotopic (exact) mass is 278 g/mol. The van der Waals surface area contributed by atoms with Crippen molar-refractivity contribution in [2.24, 2.45) is 0 Å². The van der Waals surface area contributed by atoms with Gasteiger partial charge in [-0.2, -0.15) is 4.98 Å². The molecule has 5 heteroatoms. The van der Waals surface area contributed by atoms with Gasteiger partial charge < -0.3 is 15.3 Å².